The third-order valence-electron chi connectivity index (χ3n) is 5.27. The van der Waals surface area contributed by atoms with Gasteiger partial charge in [0.05, 0.1) is 0 Å². The maximum Gasteiger partial charge on any atom is 0.276 e. The summed E-state index contributed by atoms with van der Waals surface area (Å²) in [4.78, 5) is 31.5. The zero-order valence-corrected chi connectivity index (χ0v) is 14.8. The first kappa shape index (κ1) is 16.8. The van der Waals surface area contributed by atoms with Crippen molar-refractivity contribution in [3.8, 4) is 0 Å². The van der Waals surface area contributed by atoms with E-state index in [1.54, 1.807) is 23.1 Å². The summed E-state index contributed by atoms with van der Waals surface area (Å²) in [5.41, 5.74) is 2.75. The summed E-state index contributed by atoms with van der Waals surface area (Å²) in [5.74, 6) is -0.337. The molecule has 1 N–H and O–H groups in total. The van der Waals surface area contributed by atoms with Gasteiger partial charge in [-0.25, -0.2) is 4.98 Å². The highest BCUT2D eigenvalue weighted by atomic mass is 16.2. The highest BCUT2D eigenvalue weighted by Crippen LogP contribution is 2.28. The normalized spacial score (nSPS) is 17.0. The molecule has 5 heteroatoms. The van der Waals surface area contributed by atoms with Gasteiger partial charge in [0.25, 0.3) is 11.8 Å². The Balaban J connectivity index is 1.50. The summed E-state index contributed by atoms with van der Waals surface area (Å²) in [6, 6.07) is 13.2. The highest BCUT2D eigenvalue weighted by Gasteiger charge is 2.26. The predicted octanol–water partition coefficient (Wildman–Crippen LogP) is 3.35. The van der Waals surface area contributed by atoms with Crippen molar-refractivity contribution in [2.45, 2.75) is 44.6 Å². The van der Waals surface area contributed by atoms with Crippen LogP contribution in [0.2, 0.25) is 0 Å². The Morgan fingerprint density at radius 2 is 1.73 bits per heavy atom. The first-order valence-electron chi connectivity index (χ1n) is 9.40. The van der Waals surface area contributed by atoms with E-state index in [9.17, 15) is 9.59 Å². The number of hydrogen-bond donors (Lipinski definition) is 1. The van der Waals surface area contributed by atoms with Gasteiger partial charge in [-0.2, -0.15) is 0 Å². The molecule has 134 valence electrons. The van der Waals surface area contributed by atoms with Gasteiger partial charge in [0.2, 0.25) is 0 Å². The van der Waals surface area contributed by atoms with E-state index in [-0.39, 0.29) is 17.9 Å². The number of hydrogen-bond acceptors (Lipinski definition) is 3. The Hall–Kier alpha value is -2.69. The van der Waals surface area contributed by atoms with Crippen molar-refractivity contribution >= 4 is 17.5 Å². The standard InChI is InChI=1S/C21H23N3O2/c25-20(22-16-8-2-1-3-9-16)17-10-6-11-18(23-17)21(26)24-14-13-15-7-4-5-12-19(15)24/h4-7,10-12,16H,1-3,8-9,13-14H2,(H,22,25). The first-order valence-corrected chi connectivity index (χ1v) is 9.40. The number of fused-ring (bicyclic) bond motifs is 1. The summed E-state index contributed by atoms with van der Waals surface area (Å²) in [7, 11) is 0. The van der Waals surface area contributed by atoms with Crippen LogP contribution >= 0.6 is 0 Å². The van der Waals surface area contributed by atoms with Crippen molar-refractivity contribution in [2.75, 3.05) is 11.4 Å². The molecule has 1 aromatic heterocycles. The number of carbonyl (C=O) groups excluding carboxylic acids is 2. The molecule has 2 heterocycles. The third kappa shape index (κ3) is 3.34. The second kappa shape index (κ2) is 7.28. The van der Waals surface area contributed by atoms with Crippen molar-refractivity contribution in [2.24, 2.45) is 0 Å². The lowest BCUT2D eigenvalue weighted by atomic mass is 9.95. The zero-order valence-electron chi connectivity index (χ0n) is 14.8. The SMILES string of the molecule is O=C(NC1CCCCC1)c1cccc(C(=O)N2CCc3ccccc32)n1. The molecule has 2 aliphatic rings. The number of anilines is 1. The lowest BCUT2D eigenvalue weighted by molar-refractivity contribution is 0.0922. The fourth-order valence-electron chi connectivity index (χ4n) is 3.87. The average Bonchev–Trinajstić information content (AvgIpc) is 3.12. The second-order valence-corrected chi connectivity index (χ2v) is 7.05. The van der Waals surface area contributed by atoms with Gasteiger partial charge in [-0.1, -0.05) is 43.5 Å². The molecule has 4 rings (SSSR count). The molecule has 2 amide bonds. The van der Waals surface area contributed by atoms with E-state index in [0.29, 0.717) is 17.9 Å². The number of pyridine rings is 1. The first-order chi connectivity index (χ1) is 12.7. The summed E-state index contributed by atoms with van der Waals surface area (Å²) in [5, 5.41) is 3.06. The summed E-state index contributed by atoms with van der Waals surface area (Å²) < 4.78 is 0. The van der Waals surface area contributed by atoms with E-state index in [2.05, 4.69) is 10.3 Å². The van der Waals surface area contributed by atoms with Crippen molar-refractivity contribution in [3.05, 3.63) is 59.4 Å². The Bertz CT molecular complexity index is 828. The minimum absolute atomic E-state index is 0.151. The molecule has 1 aliphatic heterocycles. The molecule has 1 aliphatic carbocycles. The number of para-hydroxylation sites is 1. The lowest BCUT2D eigenvalue weighted by Gasteiger charge is -2.22. The molecule has 0 spiro atoms. The smallest absolute Gasteiger partial charge is 0.276 e. The molecule has 1 aromatic carbocycles. The Morgan fingerprint density at radius 1 is 0.962 bits per heavy atom. The lowest BCUT2D eigenvalue weighted by Crippen LogP contribution is -2.37. The van der Waals surface area contributed by atoms with Crippen LogP contribution in [0.1, 0.15) is 58.6 Å². The molecule has 1 fully saturated rings. The molecule has 0 radical (unpaired) electrons. The molecular formula is C21H23N3O2. The third-order valence-corrected chi connectivity index (χ3v) is 5.27. The maximum atomic E-state index is 12.9. The number of aromatic nitrogens is 1. The van der Waals surface area contributed by atoms with E-state index in [4.69, 9.17) is 0 Å². The molecule has 2 aromatic rings. The van der Waals surface area contributed by atoms with Gasteiger partial charge in [-0.15, -0.1) is 0 Å². The fraction of sp³-hybridized carbons (Fsp3) is 0.381. The predicted molar refractivity (Wildman–Crippen MR) is 100 cm³/mol. The Kier molecular flexibility index (Phi) is 4.69. The van der Waals surface area contributed by atoms with Gasteiger partial charge in [0, 0.05) is 18.3 Å². The summed E-state index contributed by atoms with van der Waals surface area (Å²) in [6.45, 7) is 0.651. The van der Waals surface area contributed by atoms with Crippen molar-refractivity contribution in [1.29, 1.82) is 0 Å². The van der Waals surface area contributed by atoms with Crippen LogP contribution in [-0.2, 0) is 6.42 Å². The van der Waals surface area contributed by atoms with Crippen LogP contribution in [-0.4, -0.2) is 29.4 Å². The number of nitrogens with one attached hydrogen (secondary N) is 1. The van der Waals surface area contributed by atoms with Gasteiger partial charge >= 0.3 is 0 Å². The van der Waals surface area contributed by atoms with Crippen LogP contribution in [0, 0.1) is 0 Å². The number of amides is 2. The van der Waals surface area contributed by atoms with E-state index in [1.807, 2.05) is 24.3 Å². The van der Waals surface area contributed by atoms with Gasteiger partial charge in [-0.05, 0) is 43.0 Å². The van der Waals surface area contributed by atoms with Crippen LogP contribution in [0.15, 0.2) is 42.5 Å². The molecule has 1 saturated carbocycles. The number of rotatable bonds is 3. The van der Waals surface area contributed by atoms with Gasteiger partial charge in [-0.3, -0.25) is 9.59 Å². The van der Waals surface area contributed by atoms with E-state index >= 15 is 0 Å². The van der Waals surface area contributed by atoms with E-state index < -0.39 is 0 Å². The number of benzene rings is 1. The van der Waals surface area contributed by atoms with Crippen molar-refractivity contribution < 1.29 is 9.59 Å². The zero-order chi connectivity index (χ0) is 17.9. The van der Waals surface area contributed by atoms with Crippen molar-refractivity contribution in [1.82, 2.24) is 10.3 Å². The fourth-order valence-corrected chi connectivity index (χ4v) is 3.87. The van der Waals surface area contributed by atoms with Crippen LogP contribution in [0.5, 0.6) is 0 Å². The molecule has 0 unspecified atom stereocenters. The Labute approximate surface area is 153 Å². The van der Waals surface area contributed by atoms with E-state index in [1.165, 1.54) is 12.0 Å². The maximum absolute atomic E-state index is 12.9. The van der Waals surface area contributed by atoms with Crippen LogP contribution in [0.3, 0.4) is 0 Å². The van der Waals surface area contributed by atoms with Gasteiger partial charge < -0.3 is 10.2 Å². The van der Waals surface area contributed by atoms with Gasteiger partial charge in [0.15, 0.2) is 0 Å². The molecule has 26 heavy (non-hydrogen) atoms. The minimum atomic E-state index is -0.187. The Morgan fingerprint density at radius 3 is 2.58 bits per heavy atom. The monoisotopic (exact) mass is 349 g/mol. The molecule has 0 atom stereocenters. The van der Waals surface area contributed by atoms with Crippen LogP contribution in [0.4, 0.5) is 5.69 Å². The summed E-state index contributed by atoms with van der Waals surface area (Å²) >= 11 is 0. The van der Waals surface area contributed by atoms with Gasteiger partial charge in [0.1, 0.15) is 11.4 Å². The molecule has 5 nitrogen and oxygen atoms in total. The van der Waals surface area contributed by atoms with Crippen LogP contribution < -0.4 is 10.2 Å². The minimum Gasteiger partial charge on any atom is -0.348 e. The van der Waals surface area contributed by atoms with Crippen LogP contribution in [0.25, 0.3) is 0 Å². The highest BCUT2D eigenvalue weighted by molar-refractivity contribution is 6.06. The van der Waals surface area contributed by atoms with E-state index in [0.717, 1.165) is 37.8 Å². The second-order valence-electron chi connectivity index (χ2n) is 7.05. The molecule has 0 bridgehead atoms. The van der Waals surface area contributed by atoms with Crippen molar-refractivity contribution in [3.63, 3.8) is 0 Å². The summed E-state index contributed by atoms with van der Waals surface area (Å²) in [6.07, 6.45) is 6.45. The molecule has 0 saturated heterocycles. The quantitative estimate of drug-likeness (QED) is 0.924. The average molecular weight is 349 g/mol. The largest absolute Gasteiger partial charge is 0.348 e. The number of nitrogens with zero attached hydrogens (tertiary/aromatic N) is 2. The number of carbonyl (C=O) groups is 2. The topological polar surface area (TPSA) is 62.3 Å². The molecular weight excluding hydrogens is 326 g/mol.